The van der Waals surface area contributed by atoms with E-state index in [1.807, 2.05) is 0 Å². The predicted molar refractivity (Wildman–Crippen MR) is 152 cm³/mol. The van der Waals surface area contributed by atoms with Crippen LogP contribution in [0.15, 0.2) is 59.0 Å². The van der Waals surface area contributed by atoms with Gasteiger partial charge in [0.1, 0.15) is 11.3 Å². The highest BCUT2D eigenvalue weighted by atomic mass is 16.3. The zero-order valence-corrected chi connectivity index (χ0v) is 22.8. The van der Waals surface area contributed by atoms with Gasteiger partial charge in [-0.25, -0.2) is 0 Å². The summed E-state index contributed by atoms with van der Waals surface area (Å²) < 4.78 is 6.20. The van der Waals surface area contributed by atoms with Crippen molar-refractivity contribution in [2.24, 2.45) is 11.3 Å². The number of fused-ring (bicyclic) bond motifs is 1. The summed E-state index contributed by atoms with van der Waals surface area (Å²) in [5.74, 6) is 1.65. The van der Waals surface area contributed by atoms with Gasteiger partial charge >= 0.3 is 0 Å². The Morgan fingerprint density at radius 3 is 2.44 bits per heavy atom. The first-order valence-electron chi connectivity index (χ1n) is 13.4. The molecule has 3 rings (SSSR count). The predicted octanol–water partition coefficient (Wildman–Crippen LogP) is 8.83. The molecule has 2 heteroatoms. The minimum Gasteiger partial charge on any atom is -0.462 e. The summed E-state index contributed by atoms with van der Waals surface area (Å²) in [6, 6.07) is 15.9. The van der Waals surface area contributed by atoms with Crippen molar-refractivity contribution in [3.05, 3.63) is 77.1 Å². The summed E-state index contributed by atoms with van der Waals surface area (Å²) in [6.07, 6.45) is 7.87. The van der Waals surface area contributed by atoms with Gasteiger partial charge in [0, 0.05) is 5.39 Å². The standard InChI is InChI=1S/C32H45BO/c1-9-10-13-24(4)18-28-15-12-11-14-27(28)17-16-26-20-29-19-25(5)34-31(29)30(21-26)33(8)22-32(6,7)23(2)3/h11-12,14-15,19-21,23H,4,9-10,13,16-18,22H2,1-3,5-8H3. The minimum atomic E-state index is 0.294. The van der Waals surface area contributed by atoms with E-state index in [0.29, 0.717) is 18.0 Å². The Hall–Kier alpha value is -2.22. The molecule has 182 valence electrons. The lowest BCUT2D eigenvalue weighted by molar-refractivity contribution is 0.282. The molecule has 0 radical (unpaired) electrons. The Balaban J connectivity index is 1.83. The summed E-state index contributed by atoms with van der Waals surface area (Å²) in [4.78, 5) is 0. The van der Waals surface area contributed by atoms with Gasteiger partial charge in [-0.1, -0.05) is 96.7 Å². The molecule has 0 bridgehead atoms. The number of benzene rings is 2. The molecule has 1 nitrogen and oxygen atoms in total. The number of aryl methyl sites for hydroxylation is 3. The van der Waals surface area contributed by atoms with Crippen LogP contribution in [0, 0.1) is 18.3 Å². The molecule has 1 aromatic heterocycles. The zero-order chi connectivity index (χ0) is 24.9. The third-order valence-corrected chi connectivity index (χ3v) is 7.88. The Kier molecular flexibility index (Phi) is 8.91. The van der Waals surface area contributed by atoms with Gasteiger partial charge in [-0.05, 0) is 84.6 Å². The lowest BCUT2D eigenvalue weighted by Crippen LogP contribution is -2.34. The molecule has 0 fully saturated rings. The maximum absolute atomic E-state index is 6.20. The van der Waals surface area contributed by atoms with Crippen LogP contribution in [-0.2, 0) is 19.3 Å². The molecule has 0 saturated heterocycles. The van der Waals surface area contributed by atoms with Crippen molar-refractivity contribution in [2.45, 2.75) is 93.2 Å². The van der Waals surface area contributed by atoms with Crippen molar-refractivity contribution < 1.29 is 4.42 Å². The van der Waals surface area contributed by atoms with E-state index >= 15 is 0 Å². The Morgan fingerprint density at radius 2 is 1.76 bits per heavy atom. The topological polar surface area (TPSA) is 13.1 Å². The van der Waals surface area contributed by atoms with Crippen LogP contribution in [0.2, 0.25) is 13.1 Å². The molecule has 0 aliphatic heterocycles. The van der Waals surface area contributed by atoms with E-state index in [0.717, 1.165) is 43.3 Å². The van der Waals surface area contributed by atoms with Crippen LogP contribution in [0.4, 0.5) is 0 Å². The normalized spacial score (nSPS) is 12.0. The molecule has 0 N–H and O–H groups in total. The van der Waals surface area contributed by atoms with E-state index in [1.54, 1.807) is 0 Å². The fourth-order valence-corrected chi connectivity index (χ4v) is 5.06. The maximum Gasteiger partial charge on any atom is 0.178 e. The largest absolute Gasteiger partial charge is 0.462 e. The van der Waals surface area contributed by atoms with Crippen LogP contribution in [0.1, 0.15) is 76.3 Å². The van der Waals surface area contributed by atoms with Crippen LogP contribution in [-0.4, -0.2) is 6.71 Å². The first-order valence-corrected chi connectivity index (χ1v) is 13.4. The molecular weight excluding hydrogens is 411 g/mol. The third-order valence-electron chi connectivity index (χ3n) is 7.88. The van der Waals surface area contributed by atoms with Crippen LogP contribution in [0.5, 0.6) is 0 Å². The summed E-state index contributed by atoms with van der Waals surface area (Å²) in [5, 5.41) is 1.25. The number of hydrogen-bond donors (Lipinski definition) is 0. The second-order valence-corrected chi connectivity index (χ2v) is 11.5. The van der Waals surface area contributed by atoms with E-state index in [1.165, 1.54) is 46.0 Å². The van der Waals surface area contributed by atoms with Crippen molar-refractivity contribution in [3.63, 3.8) is 0 Å². The van der Waals surface area contributed by atoms with Crippen LogP contribution < -0.4 is 5.46 Å². The SMILES string of the molecule is C=C(CCCC)Cc1ccccc1CCc1cc(B(C)CC(C)(C)C(C)C)c2oc(C)cc2c1. The van der Waals surface area contributed by atoms with Gasteiger partial charge in [0.15, 0.2) is 6.71 Å². The van der Waals surface area contributed by atoms with Crippen molar-refractivity contribution >= 4 is 23.1 Å². The molecule has 0 aliphatic rings. The highest BCUT2D eigenvalue weighted by Gasteiger charge is 2.29. The quantitative estimate of drug-likeness (QED) is 0.196. The van der Waals surface area contributed by atoms with E-state index in [9.17, 15) is 0 Å². The number of hydrogen-bond acceptors (Lipinski definition) is 1. The number of rotatable bonds is 12. The summed E-state index contributed by atoms with van der Waals surface area (Å²) >= 11 is 0. The molecule has 3 aromatic rings. The van der Waals surface area contributed by atoms with E-state index < -0.39 is 0 Å². The van der Waals surface area contributed by atoms with Gasteiger partial charge in [-0.15, -0.1) is 0 Å². The monoisotopic (exact) mass is 456 g/mol. The molecule has 0 aliphatic carbocycles. The Morgan fingerprint density at radius 1 is 1.06 bits per heavy atom. The van der Waals surface area contributed by atoms with E-state index in [-0.39, 0.29) is 0 Å². The fraction of sp³-hybridized carbons (Fsp3) is 0.500. The molecule has 0 amide bonds. The van der Waals surface area contributed by atoms with Crippen molar-refractivity contribution in [1.29, 1.82) is 0 Å². The second-order valence-electron chi connectivity index (χ2n) is 11.5. The summed E-state index contributed by atoms with van der Waals surface area (Å²) in [7, 11) is 0. The van der Waals surface area contributed by atoms with Gasteiger partial charge in [0.25, 0.3) is 0 Å². The summed E-state index contributed by atoms with van der Waals surface area (Å²) in [5.41, 5.74) is 8.42. The number of unbranched alkanes of at least 4 members (excludes halogenated alkanes) is 1. The average molecular weight is 457 g/mol. The second kappa shape index (κ2) is 11.5. The van der Waals surface area contributed by atoms with Gasteiger partial charge < -0.3 is 4.42 Å². The molecule has 1 heterocycles. The maximum atomic E-state index is 6.20. The molecule has 0 saturated carbocycles. The minimum absolute atomic E-state index is 0.294. The molecule has 0 spiro atoms. The highest BCUT2D eigenvalue weighted by molar-refractivity contribution is 6.74. The summed E-state index contributed by atoms with van der Waals surface area (Å²) in [6.45, 7) is 21.0. The molecule has 34 heavy (non-hydrogen) atoms. The first-order chi connectivity index (χ1) is 16.1. The first kappa shape index (κ1) is 26.4. The highest BCUT2D eigenvalue weighted by Crippen LogP contribution is 2.33. The average Bonchev–Trinajstić information content (AvgIpc) is 3.16. The lowest BCUT2D eigenvalue weighted by atomic mass is 9.39. The van der Waals surface area contributed by atoms with E-state index in [2.05, 4.69) is 97.4 Å². The third kappa shape index (κ3) is 6.68. The molecule has 0 atom stereocenters. The number of furan rings is 1. The fourth-order valence-electron chi connectivity index (χ4n) is 5.06. The number of allylic oxidation sites excluding steroid dienone is 1. The zero-order valence-electron chi connectivity index (χ0n) is 22.8. The van der Waals surface area contributed by atoms with E-state index in [4.69, 9.17) is 4.42 Å². The van der Waals surface area contributed by atoms with Gasteiger partial charge in [-0.2, -0.15) is 0 Å². The molecular formula is C32H45BO. The smallest absolute Gasteiger partial charge is 0.178 e. The van der Waals surface area contributed by atoms with Gasteiger partial charge in [0.05, 0.1) is 0 Å². The van der Waals surface area contributed by atoms with Gasteiger partial charge in [0.2, 0.25) is 0 Å². The Bertz CT molecular complexity index is 1100. The van der Waals surface area contributed by atoms with Crippen LogP contribution in [0.3, 0.4) is 0 Å². The lowest BCUT2D eigenvalue weighted by Gasteiger charge is -2.31. The van der Waals surface area contributed by atoms with Crippen LogP contribution in [0.25, 0.3) is 11.0 Å². The van der Waals surface area contributed by atoms with Gasteiger partial charge in [-0.3, -0.25) is 0 Å². The van der Waals surface area contributed by atoms with Crippen molar-refractivity contribution in [1.82, 2.24) is 0 Å². The molecule has 2 aromatic carbocycles. The molecule has 0 unspecified atom stereocenters. The van der Waals surface area contributed by atoms with Crippen molar-refractivity contribution in [3.8, 4) is 0 Å². The van der Waals surface area contributed by atoms with Crippen LogP contribution >= 0.6 is 0 Å². The van der Waals surface area contributed by atoms with Crippen molar-refractivity contribution in [2.75, 3.05) is 0 Å². The Labute approximate surface area is 209 Å².